The molecule has 1 aliphatic rings. The topological polar surface area (TPSA) is 111 Å². The van der Waals surface area contributed by atoms with Gasteiger partial charge in [0.1, 0.15) is 0 Å². The zero-order valence-electron chi connectivity index (χ0n) is 21.2. The maximum absolute atomic E-state index is 12.3. The Morgan fingerprint density at radius 1 is 1.03 bits per heavy atom. The molecule has 0 atom stereocenters. The number of hydrogen-bond acceptors (Lipinski definition) is 9. The van der Waals surface area contributed by atoms with Crippen molar-refractivity contribution >= 4 is 34.1 Å². The van der Waals surface area contributed by atoms with Crippen LogP contribution >= 0.6 is 0 Å². The smallest absolute Gasteiger partial charge is 0.258 e. The maximum atomic E-state index is 12.3. The van der Waals surface area contributed by atoms with Crippen molar-refractivity contribution in [1.82, 2.24) is 19.9 Å². The van der Waals surface area contributed by atoms with Gasteiger partial charge < -0.3 is 19.5 Å². The number of fused-ring (bicyclic) bond motifs is 1. The van der Waals surface area contributed by atoms with Gasteiger partial charge in [0.2, 0.25) is 5.95 Å². The van der Waals surface area contributed by atoms with Crippen LogP contribution in [0, 0.1) is 0 Å². The third kappa shape index (κ3) is 6.34. The minimum atomic E-state index is -0.266. The monoisotopic (exact) mass is 514 g/mol. The SMILES string of the molecule is COc1cc2c(Nc3cnc(NC(=O)c4ccccc4)nc3)ccnc2cc1OCCCN1CCOCC1. The molecule has 0 bridgehead atoms. The molecular weight excluding hydrogens is 484 g/mol. The van der Waals surface area contributed by atoms with Gasteiger partial charge in [0.15, 0.2) is 11.5 Å². The van der Waals surface area contributed by atoms with Crippen LogP contribution in [0.25, 0.3) is 10.9 Å². The molecule has 2 aromatic heterocycles. The highest BCUT2D eigenvalue weighted by molar-refractivity contribution is 6.03. The number of morpholine rings is 1. The first-order valence-electron chi connectivity index (χ1n) is 12.5. The minimum Gasteiger partial charge on any atom is -0.493 e. The van der Waals surface area contributed by atoms with Gasteiger partial charge in [-0.2, -0.15) is 0 Å². The van der Waals surface area contributed by atoms with Gasteiger partial charge in [-0.3, -0.25) is 20.0 Å². The number of amides is 1. The summed E-state index contributed by atoms with van der Waals surface area (Å²) in [6, 6.07) is 14.6. The molecule has 3 heterocycles. The Labute approximate surface area is 221 Å². The number of aromatic nitrogens is 3. The quantitative estimate of drug-likeness (QED) is 0.302. The van der Waals surface area contributed by atoms with E-state index in [0.717, 1.165) is 55.9 Å². The summed E-state index contributed by atoms with van der Waals surface area (Å²) in [6.07, 6.45) is 5.87. The van der Waals surface area contributed by atoms with Crippen molar-refractivity contribution in [3.63, 3.8) is 0 Å². The van der Waals surface area contributed by atoms with Gasteiger partial charge in [-0.15, -0.1) is 0 Å². The molecule has 1 fully saturated rings. The Kier molecular flexibility index (Phi) is 8.22. The lowest BCUT2D eigenvalue weighted by Crippen LogP contribution is -2.37. The molecular formula is C28H30N6O4. The minimum absolute atomic E-state index is 0.223. The lowest BCUT2D eigenvalue weighted by molar-refractivity contribution is 0.0357. The largest absolute Gasteiger partial charge is 0.493 e. The number of carbonyl (C=O) groups is 1. The van der Waals surface area contributed by atoms with Crippen LogP contribution in [0.15, 0.2) is 67.1 Å². The lowest BCUT2D eigenvalue weighted by atomic mass is 10.1. The normalized spacial score (nSPS) is 13.7. The Balaban J connectivity index is 1.24. The molecule has 1 aliphatic heterocycles. The predicted octanol–water partition coefficient (Wildman–Crippen LogP) is 4.13. The molecule has 10 nitrogen and oxygen atoms in total. The lowest BCUT2D eigenvalue weighted by Gasteiger charge is -2.26. The van der Waals surface area contributed by atoms with E-state index >= 15 is 0 Å². The van der Waals surface area contributed by atoms with E-state index in [1.165, 1.54) is 0 Å². The summed E-state index contributed by atoms with van der Waals surface area (Å²) < 4.78 is 17.1. The van der Waals surface area contributed by atoms with Gasteiger partial charge in [-0.1, -0.05) is 18.2 Å². The molecule has 10 heteroatoms. The van der Waals surface area contributed by atoms with Crippen LogP contribution in [-0.2, 0) is 4.74 Å². The van der Waals surface area contributed by atoms with Gasteiger partial charge in [0, 0.05) is 48.5 Å². The summed E-state index contributed by atoms with van der Waals surface area (Å²) >= 11 is 0. The summed E-state index contributed by atoms with van der Waals surface area (Å²) in [4.78, 5) is 27.8. The van der Waals surface area contributed by atoms with Gasteiger partial charge in [0.05, 0.1) is 50.5 Å². The van der Waals surface area contributed by atoms with E-state index in [9.17, 15) is 4.79 Å². The summed E-state index contributed by atoms with van der Waals surface area (Å²) in [5.74, 6) is 1.25. The predicted molar refractivity (Wildman–Crippen MR) is 145 cm³/mol. The Bertz CT molecular complexity index is 1360. The summed E-state index contributed by atoms with van der Waals surface area (Å²) in [7, 11) is 1.63. The number of anilines is 3. The number of nitrogens with zero attached hydrogens (tertiary/aromatic N) is 4. The molecule has 2 aromatic carbocycles. The fraction of sp³-hybridized carbons (Fsp3) is 0.286. The number of ether oxygens (including phenoxy) is 3. The van der Waals surface area contributed by atoms with Crippen LogP contribution in [0.1, 0.15) is 16.8 Å². The van der Waals surface area contributed by atoms with E-state index in [-0.39, 0.29) is 11.9 Å². The van der Waals surface area contributed by atoms with E-state index in [1.54, 1.807) is 50.0 Å². The van der Waals surface area contributed by atoms with Crippen molar-refractivity contribution in [2.45, 2.75) is 6.42 Å². The second-order valence-electron chi connectivity index (χ2n) is 8.78. The Hall–Kier alpha value is -4.28. The van der Waals surface area contributed by atoms with Crippen molar-refractivity contribution in [1.29, 1.82) is 0 Å². The first kappa shape index (κ1) is 25.4. The van der Waals surface area contributed by atoms with Crippen molar-refractivity contribution in [3.8, 4) is 11.5 Å². The summed E-state index contributed by atoms with van der Waals surface area (Å²) in [5, 5.41) is 6.90. The van der Waals surface area contributed by atoms with Crippen LogP contribution < -0.4 is 20.1 Å². The zero-order chi connectivity index (χ0) is 26.2. The first-order valence-corrected chi connectivity index (χ1v) is 12.5. The standard InChI is InChI=1S/C28H30N6O4/c1-36-25-16-22-23(32-21-18-30-28(31-19-21)33-27(35)20-6-3-2-4-7-20)8-9-29-24(22)17-26(25)38-13-5-10-34-11-14-37-15-12-34/h2-4,6-9,16-19H,5,10-15H2,1H3,(H,29,32)(H,30,31,33,35). The fourth-order valence-electron chi connectivity index (χ4n) is 4.21. The average molecular weight is 515 g/mol. The number of methoxy groups -OCH3 is 1. The van der Waals surface area contributed by atoms with Gasteiger partial charge in [0.25, 0.3) is 5.91 Å². The van der Waals surface area contributed by atoms with Crippen LogP contribution in [0.5, 0.6) is 11.5 Å². The number of carbonyl (C=O) groups excluding carboxylic acids is 1. The van der Waals surface area contributed by atoms with Crippen molar-refractivity contribution in [2.24, 2.45) is 0 Å². The third-order valence-electron chi connectivity index (χ3n) is 6.20. The first-order chi connectivity index (χ1) is 18.7. The Morgan fingerprint density at radius 3 is 2.58 bits per heavy atom. The van der Waals surface area contributed by atoms with Crippen molar-refractivity contribution < 1.29 is 19.0 Å². The third-order valence-corrected chi connectivity index (χ3v) is 6.20. The molecule has 0 radical (unpaired) electrons. The second-order valence-corrected chi connectivity index (χ2v) is 8.78. The van der Waals surface area contributed by atoms with Crippen LogP contribution in [0.4, 0.5) is 17.3 Å². The number of hydrogen-bond donors (Lipinski definition) is 2. The van der Waals surface area contributed by atoms with E-state index < -0.39 is 0 Å². The number of nitrogens with one attached hydrogen (secondary N) is 2. The molecule has 4 aromatic rings. The number of pyridine rings is 1. The molecule has 0 aliphatic carbocycles. The molecule has 0 unspecified atom stereocenters. The van der Waals surface area contributed by atoms with Crippen molar-refractivity contribution in [3.05, 3.63) is 72.7 Å². The highest BCUT2D eigenvalue weighted by Crippen LogP contribution is 2.35. The van der Waals surface area contributed by atoms with E-state index in [4.69, 9.17) is 14.2 Å². The highest BCUT2D eigenvalue weighted by Gasteiger charge is 2.13. The molecule has 0 saturated carbocycles. The second kappa shape index (κ2) is 12.3. The van der Waals surface area contributed by atoms with Crippen LogP contribution in [0.3, 0.4) is 0 Å². The molecule has 2 N–H and O–H groups in total. The molecule has 1 amide bonds. The molecule has 1 saturated heterocycles. The fourth-order valence-corrected chi connectivity index (χ4v) is 4.21. The van der Waals surface area contributed by atoms with Gasteiger partial charge in [-0.05, 0) is 30.7 Å². The van der Waals surface area contributed by atoms with E-state index in [2.05, 4.69) is 30.5 Å². The molecule has 196 valence electrons. The number of rotatable bonds is 10. The van der Waals surface area contributed by atoms with Gasteiger partial charge in [-0.25, -0.2) is 9.97 Å². The van der Waals surface area contributed by atoms with E-state index in [1.807, 2.05) is 24.3 Å². The molecule has 38 heavy (non-hydrogen) atoms. The summed E-state index contributed by atoms with van der Waals surface area (Å²) in [6.45, 7) is 5.08. The average Bonchev–Trinajstić information content (AvgIpc) is 2.97. The van der Waals surface area contributed by atoms with Crippen LogP contribution in [-0.4, -0.2) is 72.3 Å². The number of benzene rings is 2. The molecule has 5 rings (SSSR count). The zero-order valence-corrected chi connectivity index (χ0v) is 21.2. The Morgan fingerprint density at radius 2 is 1.82 bits per heavy atom. The van der Waals surface area contributed by atoms with Gasteiger partial charge >= 0.3 is 0 Å². The van der Waals surface area contributed by atoms with Crippen molar-refractivity contribution in [2.75, 3.05) is 57.2 Å². The van der Waals surface area contributed by atoms with E-state index in [0.29, 0.717) is 29.4 Å². The maximum Gasteiger partial charge on any atom is 0.258 e. The van der Waals surface area contributed by atoms with Crippen LogP contribution in [0.2, 0.25) is 0 Å². The molecule has 0 spiro atoms. The summed E-state index contributed by atoms with van der Waals surface area (Å²) in [5.41, 5.74) is 2.79. The highest BCUT2D eigenvalue weighted by atomic mass is 16.5.